The second kappa shape index (κ2) is 9.23. The van der Waals surface area contributed by atoms with Gasteiger partial charge in [-0.05, 0) is 69.5 Å². The molecule has 0 spiro atoms. The van der Waals surface area contributed by atoms with Gasteiger partial charge in [-0.15, -0.1) is 0 Å². The first-order valence-corrected chi connectivity index (χ1v) is 10.5. The molecule has 1 saturated heterocycles. The smallest absolute Gasteiger partial charge is 0.294 e. The molecule has 0 aromatic heterocycles. The topological polar surface area (TPSA) is 110 Å². The Bertz CT molecular complexity index is 1070. The highest BCUT2D eigenvalue weighted by Crippen LogP contribution is 2.33. The number of nitrogens with zero attached hydrogens (tertiary/aromatic N) is 2. The summed E-state index contributed by atoms with van der Waals surface area (Å²) in [5, 5.41) is 13.1. The summed E-state index contributed by atoms with van der Waals surface area (Å²) in [6, 6.07) is 11.6. The normalized spacial score (nSPS) is 15.0. The molecule has 1 N–H and O–H groups in total. The number of nitro benzene ring substituents is 1. The van der Waals surface area contributed by atoms with E-state index in [0.29, 0.717) is 27.5 Å². The number of thioether (sulfide) groups is 1. The van der Waals surface area contributed by atoms with Crippen LogP contribution in [0.15, 0.2) is 51.8 Å². The SMILES string of the molecule is CCc1ccc(NC(=O)CN2C(=O)S/C(=C\c3ccc(Br)c([N+](=O)[O-])c3)C2=O)cc1. The molecule has 0 bridgehead atoms. The predicted octanol–water partition coefficient (Wildman–Crippen LogP) is 4.59. The molecule has 1 heterocycles. The van der Waals surface area contributed by atoms with Crippen molar-refractivity contribution in [1.29, 1.82) is 0 Å². The van der Waals surface area contributed by atoms with Gasteiger partial charge in [0, 0.05) is 11.8 Å². The fourth-order valence-corrected chi connectivity index (χ4v) is 3.94. The number of carbonyl (C=O) groups is 3. The van der Waals surface area contributed by atoms with Crippen LogP contribution in [0.5, 0.6) is 0 Å². The number of benzene rings is 2. The van der Waals surface area contributed by atoms with Crippen LogP contribution in [0.25, 0.3) is 6.08 Å². The first-order chi connectivity index (χ1) is 14.3. The Kier molecular flexibility index (Phi) is 6.68. The number of amides is 3. The van der Waals surface area contributed by atoms with Crippen LogP contribution < -0.4 is 5.32 Å². The zero-order valence-corrected chi connectivity index (χ0v) is 18.2. The van der Waals surface area contributed by atoms with Crippen LogP contribution in [-0.4, -0.2) is 33.4 Å². The van der Waals surface area contributed by atoms with E-state index in [0.717, 1.165) is 16.9 Å². The molecular formula is C20H16BrN3O5S. The average molecular weight is 490 g/mol. The second-order valence-corrected chi connectivity index (χ2v) is 8.18. The van der Waals surface area contributed by atoms with Gasteiger partial charge in [0.2, 0.25) is 5.91 Å². The molecule has 2 aromatic carbocycles. The standard InChI is InChI=1S/C20H16BrN3O5S/c1-2-12-3-6-14(7-4-12)22-18(25)11-23-19(26)17(30-20(23)27)10-13-5-8-15(21)16(9-13)24(28)29/h3-10H,2,11H2,1H3,(H,22,25)/b17-10-. The van der Waals surface area contributed by atoms with Crippen LogP contribution in [0.1, 0.15) is 18.1 Å². The number of anilines is 1. The largest absolute Gasteiger partial charge is 0.325 e. The Morgan fingerprint density at radius 2 is 1.93 bits per heavy atom. The van der Waals surface area contributed by atoms with Gasteiger partial charge >= 0.3 is 0 Å². The van der Waals surface area contributed by atoms with Crippen molar-refractivity contribution >= 4 is 62.2 Å². The maximum atomic E-state index is 12.6. The third kappa shape index (κ3) is 4.95. The molecule has 30 heavy (non-hydrogen) atoms. The highest BCUT2D eigenvalue weighted by Gasteiger charge is 2.36. The lowest BCUT2D eigenvalue weighted by molar-refractivity contribution is -0.385. The van der Waals surface area contributed by atoms with Gasteiger partial charge in [-0.25, -0.2) is 0 Å². The minimum Gasteiger partial charge on any atom is -0.325 e. The molecule has 1 aliphatic rings. The minimum absolute atomic E-state index is 0.0942. The molecule has 2 aromatic rings. The van der Waals surface area contributed by atoms with Gasteiger partial charge in [-0.1, -0.05) is 25.1 Å². The van der Waals surface area contributed by atoms with E-state index < -0.39 is 28.5 Å². The maximum Gasteiger partial charge on any atom is 0.294 e. The van der Waals surface area contributed by atoms with Crippen molar-refractivity contribution in [2.75, 3.05) is 11.9 Å². The summed E-state index contributed by atoms with van der Waals surface area (Å²) in [5.41, 5.74) is 1.94. The van der Waals surface area contributed by atoms with E-state index in [1.165, 1.54) is 18.2 Å². The number of hydrogen-bond acceptors (Lipinski definition) is 6. The second-order valence-electron chi connectivity index (χ2n) is 6.33. The molecule has 1 aliphatic heterocycles. The molecule has 3 rings (SSSR count). The molecular weight excluding hydrogens is 474 g/mol. The first-order valence-electron chi connectivity index (χ1n) is 8.86. The lowest BCUT2D eigenvalue weighted by Crippen LogP contribution is -2.36. The summed E-state index contributed by atoms with van der Waals surface area (Å²) in [5.74, 6) is -1.12. The van der Waals surface area contributed by atoms with E-state index in [9.17, 15) is 24.5 Å². The molecule has 10 heteroatoms. The molecule has 1 fully saturated rings. The lowest BCUT2D eigenvalue weighted by atomic mass is 10.1. The Hall–Kier alpha value is -2.98. The van der Waals surface area contributed by atoms with Crippen molar-refractivity contribution in [2.24, 2.45) is 0 Å². The summed E-state index contributed by atoms with van der Waals surface area (Å²) >= 11 is 3.78. The fourth-order valence-electron chi connectivity index (χ4n) is 2.71. The number of imide groups is 1. The van der Waals surface area contributed by atoms with E-state index in [1.54, 1.807) is 18.2 Å². The van der Waals surface area contributed by atoms with Crippen LogP contribution in [0, 0.1) is 10.1 Å². The molecule has 0 unspecified atom stereocenters. The molecule has 0 radical (unpaired) electrons. The van der Waals surface area contributed by atoms with E-state index in [2.05, 4.69) is 21.2 Å². The number of hydrogen-bond donors (Lipinski definition) is 1. The van der Waals surface area contributed by atoms with E-state index in [4.69, 9.17) is 0 Å². The van der Waals surface area contributed by atoms with E-state index >= 15 is 0 Å². The Labute approximate surface area is 184 Å². The first kappa shape index (κ1) is 21.7. The van der Waals surface area contributed by atoms with Crippen molar-refractivity contribution < 1.29 is 19.3 Å². The number of carbonyl (C=O) groups excluding carboxylic acids is 3. The van der Waals surface area contributed by atoms with E-state index in [-0.39, 0.29) is 10.6 Å². The zero-order chi connectivity index (χ0) is 21.8. The zero-order valence-electron chi connectivity index (χ0n) is 15.8. The van der Waals surface area contributed by atoms with Crippen LogP contribution >= 0.6 is 27.7 Å². The number of halogens is 1. The number of rotatable bonds is 6. The molecule has 154 valence electrons. The lowest BCUT2D eigenvalue weighted by Gasteiger charge is -2.12. The molecule has 8 nitrogen and oxygen atoms in total. The van der Waals surface area contributed by atoms with Crippen molar-refractivity contribution in [3.63, 3.8) is 0 Å². The highest BCUT2D eigenvalue weighted by molar-refractivity contribution is 9.10. The van der Waals surface area contributed by atoms with Crippen molar-refractivity contribution in [1.82, 2.24) is 4.90 Å². The predicted molar refractivity (Wildman–Crippen MR) is 118 cm³/mol. The van der Waals surface area contributed by atoms with Crippen LogP contribution in [0.3, 0.4) is 0 Å². The number of nitro groups is 1. The van der Waals surface area contributed by atoms with Gasteiger partial charge in [0.1, 0.15) is 6.54 Å². The monoisotopic (exact) mass is 489 g/mol. The Balaban J connectivity index is 1.71. The van der Waals surface area contributed by atoms with Gasteiger partial charge in [0.15, 0.2) is 0 Å². The van der Waals surface area contributed by atoms with Gasteiger partial charge in [-0.3, -0.25) is 29.4 Å². The summed E-state index contributed by atoms with van der Waals surface area (Å²) < 4.78 is 0.307. The van der Waals surface area contributed by atoms with Gasteiger partial charge in [0.05, 0.1) is 14.3 Å². The van der Waals surface area contributed by atoms with Gasteiger partial charge in [0.25, 0.3) is 16.8 Å². The van der Waals surface area contributed by atoms with Crippen LogP contribution in [0.2, 0.25) is 0 Å². The fraction of sp³-hybridized carbons (Fsp3) is 0.150. The van der Waals surface area contributed by atoms with Crippen LogP contribution in [-0.2, 0) is 16.0 Å². The van der Waals surface area contributed by atoms with Crippen molar-refractivity contribution in [2.45, 2.75) is 13.3 Å². The third-order valence-corrected chi connectivity index (χ3v) is 5.86. The third-order valence-electron chi connectivity index (χ3n) is 4.29. The molecule has 0 saturated carbocycles. The number of aryl methyl sites for hydroxylation is 1. The Morgan fingerprint density at radius 3 is 2.57 bits per heavy atom. The highest BCUT2D eigenvalue weighted by atomic mass is 79.9. The number of nitrogens with one attached hydrogen (secondary N) is 1. The van der Waals surface area contributed by atoms with Crippen LogP contribution in [0.4, 0.5) is 16.2 Å². The van der Waals surface area contributed by atoms with Crippen molar-refractivity contribution in [3.05, 3.63) is 73.1 Å². The van der Waals surface area contributed by atoms with E-state index in [1.807, 2.05) is 19.1 Å². The molecule has 3 amide bonds. The molecule has 0 aliphatic carbocycles. The summed E-state index contributed by atoms with van der Waals surface area (Å²) in [7, 11) is 0. The summed E-state index contributed by atoms with van der Waals surface area (Å²) in [4.78, 5) is 48.5. The van der Waals surface area contributed by atoms with Gasteiger partial charge in [-0.2, -0.15) is 0 Å². The Morgan fingerprint density at radius 1 is 1.23 bits per heavy atom. The van der Waals surface area contributed by atoms with Gasteiger partial charge < -0.3 is 5.32 Å². The van der Waals surface area contributed by atoms with Crippen molar-refractivity contribution in [3.8, 4) is 0 Å². The summed E-state index contributed by atoms with van der Waals surface area (Å²) in [6.45, 7) is 1.60. The maximum absolute atomic E-state index is 12.6. The molecule has 0 atom stereocenters. The summed E-state index contributed by atoms with van der Waals surface area (Å²) in [6.07, 6.45) is 2.27. The average Bonchev–Trinajstić information content (AvgIpc) is 2.97. The quantitative estimate of drug-likeness (QED) is 0.360. The minimum atomic E-state index is -0.618.